The van der Waals surface area contributed by atoms with Crippen LogP contribution in [0.5, 0.6) is 0 Å². The molecule has 1 amide bonds. The highest BCUT2D eigenvalue weighted by molar-refractivity contribution is 7.16. The Bertz CT molecular complexity index is 635. The highest BCUT2D eigenvalue weighted by Crippen LogP contribution is 2.26. The lowest BCUT2D eigenvalue weighted by atomic mass is 9.96. The van der Waals surface area contributed by atoms with Crippen LogP contribution in [-0.2, 0) is 4.79 Å². The number of carboxylic acid groups (broad SMARTS) is 1. The third kappa shape index (κ3) is 3.30. The summed E-state index contributed by atoms with van der Waals surface area (Å²) in [6, 6.07) is 3.48. The van der Waals surface area contributed by atoms with E-state index in [2.05, 4.69) is 10.3 Å². The largest absolute Gasteiger partial charge is 0.480 e. The van der Waals surface area contributed by atoms with Crippen molar-refractivity contribution in [1.29, 1.82) is 0 Å². The predicted octanol–water partition coefficient (Wildman–Crippen LogP) is 2.78. The second-order valence-electron chi connectivity index (χ2n) is 4.85. The Morgan fingerprint density at radius 2 is 2.29 bits per heavy atom. The number of hydrogen-bond acceptors (Lipinski definition) is 5. The number of carboxylic acids is 1. The quantitative estimate of drug-likeness (QED) is 0.856. The number of furan rings is 1. The number of aliphatic carboxylic acids is 1. The lowest BCUT2D eigenvalue weighted by molar-refractivity contribution is -0.144. The molecule has 112 valence electrons. The Morgan fingerprint density at radius 1 is 1.52 bits per heavy atom. The standard InChI is InChI=1S/C14H16N2O4S/c1-3-6-14(2,13(18)19)16-11(17)10-8-15-12(21-10)9-5-4-7-20-9/h4-5,7-8H,3,6H2,1-2H3,(H,16,17)(H,18,19). The second kappa shape index (κ2) is 6.09. The van der Waals surface area contributed by atoms with Crippen LogP contribution in [0.3, 0.4) is 0 Å². The van der Waals surface area contributed by atoms with Gasteiger partial charge in [0.15, 0.2) is 10.8 Å². The smallest absolute Gasteiger partial charge is 0.329 e. The molecule has 0 aliphatic heterocycles. The summed E-state index contributed by atoms with van der Waals surface area (Å²) in [6.07, 6.45) is 3.96. The minimum atomic E-state index is -1.28. The molecule has 2 heterocycles. The van der Waals surface area contributed by atoms with E-state index in [0.29, 0.717) is 28.5 Å². The van der Waals surface area contributed by atoms with E-state index in [-0.39, 0.29) is 0 Å². The van der Waals surface area contributed by atoms with Crippen LogP contribution in [-0.4, -0.2) is 27.5 Å². The van der Waals surface area contributed by atoms with Crippen LogP contribution in [0.2, 0.25) is 0 Å². The van der Waals surface area contributed by atoms with Crippen molar-refractivity contribution in [3.63, 3.8) is 0 Å². The molecule has 0 aliphatic rings. The fourth-order valence-electron chi connectivity index (χ4n) is 1.93. The summed E-state index contributed by atoms with van der Waals surface area (Å²) in [5, 5.41) is 12.4. The first-order valence-corrected chi connectivity index (χ1v) is 7.33. The lowest BCUT2D eigenvalue weighted by Gasteiger charge is -2.25. The van der Waals surface area contributed by atoms with Gasteiger partial charge in [0.1, 0.15) is 10.4 Å². The molecular weight excluding hydrogens is 292 g/mol. The number of nitrogens with one attached hydrogen (secondary N) is 1. The second-order valence-corrected chi connectivity index (χ2v) is 5.88. The number of carbonyl (C=O) groups is 2. The molecule has 1 unspecified atom stereocenters. The molecule has 21 heavy (non-hydrogen) atoms. The van der Waals surface area contributed by atoms with Gasteiger partial charge < -0.3 is 14.8 Å². The Labute approximate surface area is 125 Å². The molecule has 0 aliphatic carbocycles. The topological polar surface area (TPSA) is 92.4 Å². The van der Waals surface area contributed by atoms with Crippen LogP contribution >= 0.6 is 11.3 Å². The first kappa shape index (κ1) is 15.2. The first-order valence-electron chi connectivity index (χ1n) is 6.52. The number of rotatable bonds is 6. The monoisotopic (exact) mass is 308 g/mol. The zero-order valence-corrected chi connectivity index (χ0v) is 12.6. The highest BCUT2D eigenvalue weighted by Gasteiger charge is 2.34. The average molecular weight is 308 g/mol. The van der Waals surface area contributed by atoms with E-state index in [4.69, 9.17) is 4.42 Å². The fourth-order valence-corrected chi connectivity index (χ4v) is 2.71. The molecule has 0 saturated carbocycles. The van der Waals surface area contributed by atoms with E-state index < -0.39 is 17.4 Å². The van der Waals surface area contributed by atoms with E-state index in [0.717, 1.165) is 11.3 Å². The third-order valence-electron chi connectivity index (χ3n) is 3.07. The van der Waals surface area contributed by atoms with E-state index in [9.17, 15) is 14.7 Å². The molecule has 0 aromatic carbocycles. The summed E-state index contributed by atoms with van der Waals surface area (Å²) in [5.41, 5.74) is -1.28. The van der Waals surface area contributed by atoms with Crippen molar-refractivity contribution in [3.05, 3.63) is 29.5 Å². The Kier molecular flexibility index (Phi) is 4.42. The first-order chi connectivity index (χ1) is 9.96. The summed E-state index contributed by atoms with van der Waals surface area (Å²) in [5.74, 6) is -0.911. The molecule has 2 N–H and O–H groups in total. The molecular formula is C14H16N2O4S. The zero-order chi connectivity index (χ0) is 15.5. The summed E-state index contributed by atoms with van der Waals surface area (Å²) < 4.78 is 5.21. The Hall–Kier alpha value is -2.15. The SMILES string of the molecule is CCCC(C)(NC(=O)c1cnc(-c2ccco2)s1)C(=O)O. The Balaban J connectivity index is 2.15. The summed E-state index contributed by atoms with van der Waals surface area (Å²) in [4.78, 5) is 28.0. The van der Waals surface area contributed by atoms with Gasteiger partial charge in [-0.1, -0.05) is 13.3 Å². The van der Waals surface area contributed by atoms with Gasteiger partial charge in [0.25, 0.3) is 5.91 Å². The molecule has 7 heteroatoms. The van der Waals surface area contributed by atoms with Gasteiger partial charge in [-0.05, 0) is 25.5 Å². The van der Waals surface area contributed by atoms with Crippen molar-refractivity contribution in [2.45, 2.75) is 32.2 Å². The van der Waals surface area contributed by atoms with Gasteiger partial charge in [-0.25, -0.2) is 9.78 Å². The van der Waals surface area contributed by atoms with Crippen LogP contribution in [0.4, 0.5) is 0 Å². The van der Waals surface area contributed by atoms with Gasteiger partial charge in [0, 0.05) is 0 Å². The maximum absolute atomic E-state index is 12.2. The van der Waals surface area contributed by atoms with Crippen LogP contribution in [0.25, 0.3) is 10.8 Å². The number of aromatic nitrogens is 1. The molecule has 6 nitrogen and oxygen atoms in total. The van der Waals surface area contributed by atoms with Gasteiger partial charge in [-0.2, -0.15) is 0 Å². The van der Waals surface area contributed by atoms with Gasteiger partial charge in [-0.15, -0.1) is 11.3 Å². The molecule has 1 atom stereocenters. The van der Waals surface area contributed by atoms with Gasteiger partial charge in [-0.3, -0.25) is 4.79 Å². The van der Waals surface area contributed by atoms with E-state index >= 15 is 0 Å². The van der Waals surface area contributed by atoms with Gasteiger partial charge in [0.2, 0.25) is 0 Å². The van der Waals surface area contributed by atoms with Gasteiger partial charge >= 0.3 is 5.97 Å². The van der Waals surface area contributed by atoms with Crippen molar-refractivity contribution in [1.82, 2.24) is 10.3 Å². The average Bonchev–Trinajstić information content (AvgIpc) is 3.09. The number of carbonyl (C=O) groups excluding carboxylic acids is 1. The van der Waals surface area contributed by atoms with E-state index in [1.54, 1.807) is 12.1 Å². The maximum Gasteiger partial charge on any atom is 0.329 e. The number of hydrogen-bond donors (Lipinski definition) is 2. The molecule has 2 aromatic heterocycles. The summed E-state index contributed by atoms with van der Waals surface area (Å²) in [6.45, 7) is 3.38. The molecule has 0 spiro atoms. The number of nitrogens with zero attached hydrogens (tertiary/aromatic N) is 1. The Morgan fingerprint density at radius 3 is 2.86 bits per heavy atom. The zero-order valence-electron chi connectivity index (χ0n) is 11.8. The van der Waals surface area contributed by atoms with Crippen LogP contribution in [0, 0.1) is 0 Å². The number of thiazole rings is 1. The molecule has 2 aromatic rings. The summed E-state index contributed by atoms with van der Waals surface area (Å²) in [7, 11) is 0. The third-order valence-corrected chi connectivity index (χ3v) is 4.08. The normalized spacial score (nSPS) is 13.6. The molecule has 2 rings (SSSR count). The minimum Gasteiger partial charge on any atom is -0.480 e. The van der Waals surface area contributed by atoms with Crippen molar-refractivity contribution >= 4 is 23.2 Å². The summed E-state index contributed by atoms with van der Waals surface area (Å²) >= 11 is 1.16. The van der Waals surface area contributed by atoms with Crippen molar-refractivity contribution in [2.75, 3.05) is 0 Å². The molecule has 0 bridgehead atoms. The predicted molar refractivity (Wildman–Crippen MR) is 78.2 cm³/mol. The van der Waals surface area contributed by atoms with E-state index in [1.807, 2.05) is 6.92 Å². The van der Waals surface area contributed by atoms with Gasteiger partial charge in [0.05, 0.1) is 12.5 Å². The van der Waals surface area contributed by atoms with Crippen LogP contribution < -0.4 is 5.32 Å². The van der Waals surface area contributed by atoms with Crippen molar-refractivity contribution < 1.29 is 19.1 Å². The van der Waals surface area contributed by atoms with Crippen LogP contribution in [0.1, 0.15) is 36.4 Å². The van der Waals surface area contributed by atoms with Crippen LogP contribution in [0.15, 0.2) is 29.0 Å². The minimum absolute atomic E-state index is 0.352. The molecule has 0 saturated heterocycles. The maximum atomic E-state index is 12.2. The van der Waals surface area contributed by atoms with Crippen molar-refractivity contribution in [2.24, 2.45) is 0 Å². The highest BCUT2D eigenvalue weighted by atomic mass is 32.1. The fraction of sp³-hybridized carbons (Fsp3) is 0.357. The molecule has 0 fully saturated rings. The lowest BCUT2D eigenvalue weighted by Crippen LogP contribution is -2.51. The molecule has 0 radical (unpaired) electrons. The van der Waals surface area contributed by atoms with Crippen molar-refractivity contribution in [3.8, 4) is 10.8 Å². The number of amides is 1. The van der Waals surface area contributed by atoms with E-state index in [1.165, 1.54) is 19.4 Å².